The smallest absolute Gasteiger partial charge is 0.274 e. The molecule has 1 amide bonds. The number of fused-ring (bicyclic) bond motifs is 2. The summed E-state index contributed by atoms with van der Waals surface area (Å²) in [5.41, 5.74) is 2.41. The molecule has 1 aromatic carbocycles. The molecule has 0 N–H and O–H groups in total. The Labute approximate surface area is 195 Å². The molecule has 8 nitrogen and oxygen atoms in total. The second kappa shape index (κ2) is 8.36. The Hall–Kier alpha value is -3.08. The van der Waals surface area contributed by atoms with Gasteiger partial charge in [0.2, 0.25) is 0 Å². The summed E-state index contributed by atoms with van der Waals surface area (Å²) in [7, 11) is -3.69. The largest absolute Gasteiger partial charge is 0.378 e. The first-order valence-electron chi connectivity index (χ1n) is 10.5. The van der Waals surface area contributed by atoms with Crippen LogP contribution in [0, 0.1) is 0 Å². The second-order valence-corrected chi connectivity index (χ2v) is 10.8. The fourth-order valence-corrected chi connectivity index (χ4v) is 6.77. The second-order valence-electron chi connectivity index (χ2n) is 7.76. The standard InChI is InChI=1S/C23H22N4O4S2/c1-3-15-19(4-2)33(29,30)14-16-21(23(28)26-9-11-31-12-10-26)25-27(22(15)16)13-20-24-17-7-5-6-8-18(17)32-20/h3-8H,1-2,9-14H2. The van der Waals surface area contributed by atoms with E-state index in [0.29, 0.717) is 49.7 Å². The molecule has 2 aliphatic rings. The van der Waals surface area contributed by atoms with E-state index < -0.39 is 9.84 Å². The molecule has 0 bridgehead atoms. The van der Waals surface area contributed by atoms with Crippen LogP contribution in [-0.2, 0) is 26.9 Å². The third-order valence-electron chi connectivity index (χ3n) is 5.75. The number of carbonyl (C=O) groups is 1. The molecule has 1 fully saturated rings. The molecule has 170 valence electrons. The lowest BCUT2D eigenvalue weighted by Crippen LogP contribution is -2.41. The number of thiazole rings is 1. The molecule has 0 unspecified atom stereocenters. The Bertz CT molecular complexity index is 1390. The van der Waals surface area contributed by atoms with E-state index in [9.17, 15) is 13.2 Å². The van der Waals surface area contributed by atoms with Gasteiger partial charge < -0.3 is 9.64 Å². The van der Waals surface area contributed by atoms with Gasteiger partial charge in [0.15, 0.2) is 15.5 Å². The van der Waals surface area contributed by atoms with Gasteiger partial charge in [-0.1, -0.05) is 37.4 Å². The number of para-hydroxylation sites is 1. The van der Waals surface area contributed by atoms with Crippen molar-refractivity contribution in [2.24, 2.45) is 0 Å². The molecule has 1 saturated heterocycles. The Morgan fingerprint density at radius 2 is 1.94 bits per heavy atom. The molecule has 4 heterocycles. The lowest BCUT2D eigenvalue weighted by molar-refractivity contribution is 0.0298. The lowest BCUT2D eigenvalue weighted by atomic mass is 10.0. The third kappa shape index (κ3) is 3.73. The number of sulfone groups is 1. The van der Waals surface area contributed by atoms with Crippen LogP contribution < -0.4 is 0 Å². The number of morpholine rings is 1. The molecule has 3 aromatic rings. The summed E-state index contributed by atoms with van der Waals surface area (Å²) in [6.07, 6.45) is 2.82. The van der Waals surface area contributed by atoms with Crippen molar-refractivity contribution in [3.63, 3.8) is 0 Å². The fraction of sp³-hybridized carbons (Fsp3) is 0.261. The number of hydrogen-bond donors (Lipinski definition) is 0. The number of hydrogen-bond acceptors (Lipinski definition) is 7. The van der Waals surface area contributed by atoms with Crippen LogP contribution in [0.2, 0.25) is 0 Å². The van der Waals surface area contributed by atoms with Gasteiger partial charge in [0.1, 0.15) is 5.01 Å². The summed E-state index contributed by atoms with van der Waals surface area (Å²) in [5.74, 6) is -0.606. The summed E-state index contributed by atoms with van der Waals surface area (Å²) in [6.45, 7) is 9.60. The van der Waals surface area contributed by atoms with E-state index >= 15 is 0 Å². The van der Waals surface area contributed by atoms with Crippen LogP contribution in [0.3, 0.4) is 0 Å². The highest BCUT2D eigenvalue weighted by atomic mass is 32.2. The van der Waals surface area contributed by atoms with Crippen LogP contribution in [0.15, 0.2) is 54.5 Å². The van der Waals surface area contributed by atoms with Crippen molar-refractivity contribution in [1.29, 1.82) is 0 Å². The minimum Gasteiger partial charge on any atom is -0.378 e. The van der Waals surface area contributed by atoms with Crippen molar-refractivity contribution in [3.8, 4) is 0 Å². The SMILES string of the molecule is C=CC1=C(C=C)S(=O)(=O)Cc2c(C(=O)N3CCOCC3)nn(Cc3nc4ccccc4s3)c21. The molecule has 0 saturated carbocycles. The van der Waals surface area contributed by atoms with Gasteiger partial charge in [0.25, 0.3) is 5.91 Å². The average molecular weight is 483 g/mol. The quantitative estimate of drug-likeness (QED) is 0.555. The van der Waals surface area contributed by atoms with Crippen LogP contribution in [0.4, 0.5) is 0 Å². The van der Waals surface area contributed by atoms with Crippen molar-refractivity contribution >= 4 is 42.9 Å². The maximum absolute atomic E-state index is 13.4. The molecule has 0 radical (unpaired) electrons. The summed E-state index contributed by atoms with van der Waals surface area (Å²) >= 11 is 1.54. The highest BCUT2D eigenvalue weighted by molar-refractivity contribution is 7.95. The highest BCUT2D eigenvalue weighted by Gasteiger charge is 2.37. The predicted octanol–water partition coefficient (Wildman–Crippen LogP) is 3.03. The molecule has 2 aliphatic heterocycles. The van der Waals surface area contributed by atoms with Crippen LogP contribution in [-0.4, -0.2) is 60.3 Å². The van der Waals surface area contributed by atoms with Gasteiger partial charge in [0, 0.05) is 24.2 Å². The number of aromatic nitrogens is 3. The Balaban J connectivity index is 1.67. The Morgan fingerprint density at radius 1 is 1.18 bits per heavy atom. The number of nitrogens with zero attached hydrogens (tertiary/aromatic N) is 4. The Morgan fingerprint density at radius 3 is 2.64 bits per heavy atom. The summed E-state index contributed by atoms with van der Waals surface area (Å²) in [6, 6.07) is 7.83. The van der Waals surface area contributed by atoms with Crippen LogP contribution in [0.5, 0.6) is 0 Å². The van der Waals surface area contributed by atoms with E-state index in [-0.39, 0.29) is 22.3 Å². The molecule has 0 aliphatic carbocycles. The zero-order valence-corrected chi connectivity index (χ0v) is 19.5. The van der Waals surface area contributed by atoms with E-state index in [0.717, 1.165) is 15.2 Å². The molecular weight excluding hydrogens is 460 g/mol. The monoisotopic (exact) mass is 482 g/mol. The van der Waals surface area contributed by atoms with Crippen LogP contribution in [0.1, 0.15) is 26.8 Å². The van der Waals surface area contributed by atoms with Gasteiger partial charge >= 0.3 is 0 Å². The van der Waals surface area contributed by atoms with Crippen molar-refractivity contribution in [3.05, 3.63) is 76.4 Å². The first kappa shape index (κ1) is 21.7. The first-order valence-corrected chi connectivity index (χ1v) is 12.9. The molecule has 5 rings (SSSR count). The zero-order valence-electron chi connectivity index (χ0n) is 17.9. The number of allylic oxidation sites excluding steroid dienone is 3. The molecule has 0 atom stereocenters. The molecule has 0 spiro atoms. The van der Waals surface area contributed by atoms with Crippen molar-refractivity contribution in [2.45, 2.75) is 12.3 Å². The van der Waals surface area contributed by atoms with Gasteiger partial charge in [-0.05, 0) is 12.1 Å². The van der Waals surface area contributed by atoms with E-state index in [1.54, 1.807) is 9.58 Å². The van der Waals surface area contributed by atoms with Gasteiger partial charge in [-0.25, -0.2) is 13.4 Å². The van der Waals surface area contributed by atoms with E-state index in [1.807, 2.05) is 24.3 Å². The van der Waals surface area contributed by atoms with E-state index in [2.05, 4.69) is 23.2 Å². The van der Waals surface area contributed by atoms with Crippen molar-refractivity contribution in [1.82, 2.24) is 19.7 Å². The van der Waals surface area contributed by atoms with E-state index in [4.69, 9.17) is 4.74 Å². The van der Waals surface area contributed by atoms with E-state index in [1.165, 1.54) is 23.5 Å². The van der Waals surface area contributed by atoms with Gasteiger partial charge in [0.05, 0.1) is 46.3 Å². The topological polar surface area (TPSA) is 94.4 Å². The lowest BCUT2D eigenvalue weighted by Gasteiger charge is -2.26. The number of carbonyl (C=O) groups excluding carboxylic acids is 1. The third-order valence-corrected chi connectivity index (χ3v) is 8.50. The summed E-state index contributed by atoms with van der Waals surface area (Å²) < 4.78 is 34.1. The predicted molar refractivity (Wildman–Crippen MR) is 128 cm³/mol. The number of rotatable bonds is 5. The molecule has 2 aromatic heterocycles. The molecular formula is C23H22N4O4S2. The summed E-state index contributed by atoms with van der Waals surface area (Å²) in [4.78, 5) is 19.8. The zero-order chi connectivity index (χ0) is 23.2. The van der Waals surface area contributed by atoms with Gasteiger partial charge in [-0.2, -0.15) is 5.10 Å². The maximum Gasteiger partial charge on any atom is 0.274 e. The average Bonchev–Trinajstić information content (AvgIpc) is 3.38. The fourth-order valence-electron chi connectivity index (χ4n) is 4.24. The molecule has 10 heteroatoms. The minimum absolute atomic E-state index is 0.0980. The minimum atomic E-state index is -3.69. The normalized spacial score (nSPS) is 17.8. The number of amides is 1. The van der Waals surface area contributed by atoms with Gasteiger partial charge in [-0.15, -0.1) is 11.3 Å². The Kier molecular flexibility index (Phi) is 5.51. The number of ether oxygens (including phenoxy) is 1. The first-order chi connectivity index (χ1) is 15.9. The number of benzene rings is 1. The molecule has 33 heavy (non-hydrogen) atoms. The van der Waals surface area contributed by atoms with Gasteiger partial charge in [-0.3, -0.25) is 9.48 Å². The van der Waals surface area contributed by atoms with Crippen LogP contribution >= 0.6 is 11.3 Å². The van der Waals surface area contributed by atoms with Crippen LogP contribution in [0.25, 0.3) is 15.8 Å². The maximum atomic E-state index is 13.4. The highest BCUT2D eigenvalue weighted by Crippen LogP contribution is 2.38. The summed E-state index contributed by atoms with van der Waals surface area (Å²) in [5, 5.41) is 5.44. The van der Waals surface area contributed by atoms with Crippen molar-refractivity contribution < 1.29 is 17.9 Å². The van der Waals surface area contributed by atoms with Crippen molar-refractivity contribution in [2.75, 3.05) is 26.3 Å².